The Balaban J connectivity index is 1.58. The lowest BCUT2D eigenvalue weighted by atomic mass is 9.79. The Morgan fingerprint density at radius 1 is 0.978 bits per heavy atom. The summed E-state index contributed by atoms with van der Waals surface area (Å²) in [6.45, 7) is 19.3. The second kappa shape index (κ2) is 14.0. The second-order valence-corrected chi connectivity index (χ2v) is 28.5. The van der Waals surface area contributed by atoms with E-state index in [4.69, 9.17) is 19.6 Å². The summed E-state index contributed by atoms with van der Waals surface area (Å²) in [5.41, 5.74) is 1.56. The molecule has 3 aromatic heterocycles. The van der Waals surface area contributed by atoms with E-state index in [-0.39, 0.29) is 5.69 Å². The monoisotopic (exact) mass is 733 g/mol. The van der Waals surface area contributed by atoms with E-state index in [0.29, 0.717) is 49.4 Å². The highest BCUT2D eigenvalue weighted by atomic mass is 79.9. The van der Waals surface area contributed by atoms with Crippen LogP contribution in [0.1, 0.15) is 63.3 Å². The molecule has 5 rings (SSSR count). The van der Waals surface area contributed by atoms with Crippen molar-refractivity contribution in [2.45, 2.75) is 109 Å². The van der Waals surface area contributed by atoms with Gasteiger partial charge in [0.25, 0.3) is 0 Å². The van der Waals surface area contributed by atoms with Crippen LogP contribution < -0.4 is 4.90 Å². The molecule has 254 valence electrons. The zero-order valence-electron chi connectivity index (χ0n) is 29.0. The molecule has 3 aromatic rings. The van der Waals surface area contributed by atoms with Gasteiger partial charge >= 0.3 is 0 Å². The number of hydrogen-bond acceptors (Lipinski definition) is 7. The van der Waals surface area contributed by atoms with Gasteiger partial charge in [-0.2, -0.15) is 9.61 Å². The highest BCUT2D eigenvalue weighted by Crippen LogP contribution is 2.50. The van der Waals surface area contributed by atoms with Crippen molar-refractivity contribution in [1.29, 1.82) is 0 Å². The standard InChI is InChI=1S/C34H53BrFN5O3Si2/c1-34(2,42)31-28(36)18-26(19-37-31)27-20-38-41-32(27)39-30(25-16-23-9-10-24(15-23)17-25)29(35)33(41)40(21-43-11-13-45(3,4)5)22-44-12-14-46(6,7)8/h18-20,23-25,42H,9-17,21-22H2,1-8H3/t23-,24+,25+. The number of hydrogen-bond donors (Lipinski definition) is 1. The van der Waals surface area contributed by atoms with Crippen molar-refractivity contribution in [1.82, 2.24) is 19.6 Å². The van der Waals surface area contributed by atoms with Gasteiger partial charge in [-0.3, -0.25) is 4.98 Å². The first-order chi connectivity index (χ1) is 21.5. The Kier molecular flexibility index (Phi) is 10.9. The normalized spacial score (nSPS) is 20.5. The number of fused-ring (bicyclic) bond motifs is 3. The summed E-state index contributed by atoms with van der Waals surface area (Å²) in [6, 6.07) is 3.58. The third kappa shape index (κ3) is 8.65. The highest BCUT2D eigenvalue weighted by Gasteiger charge is 2.37. The molecule has 0 aliphatic heterocycles. The first-order valence-electron chi connectivity index (χ1n) is 16.9. The van der Waals surface area contributed by atoms with Crippen LogP contribution in [0.3, 0.4) is 0 Å². The van der Waals surface area contributed by atoms with Crippen molar-refractivity contribution < 1.29 is 19.0 Å². The second-order valence-electron chi connectivity index (χ2n) is 16.5. The van der Waals surface area contributed by atoms with Crippen LogP contribution >= 0.6 is 15.9 Å². The van der Waals surface area contributed by atoms with Crippen LogP contribution in [0.2, 0.25) is 51.4 Å². The fourth-order valence-corrected chi connectivity index (χ4v) is 9.10. The maximum Gasteiger partial charge on any atom is 0.165 e. The summed E-state index contributed by atoms with van der Waals surface area (Å²) in [5, 5.41) is 15.3. The minimum atomic E-state index is -1.39. The Hall–Kier alpha value is -1.71. The van der Waals surface area contributed by atoms with Crippen LogP contribution in [0.15, 0.2) is 22.9 Å². The van der Waals surface area contributed by atoms with Gasteiger partial charge in [0.05, 0.1) is 16.4 Å². The first-order valence-corrected chi connectivity index (χ1v) is 25.1. The lowest BCUT2D eigenvalue weighted by Gasteiger charge is -2.31. The van der Waals surface area contributed by atoms with Gasteiger partial charge in [-0.1, -0.05) is 52.1 Å². The highest BCUT2D eigenvalue weighted by molar-refractivity contribution is 9.10. The average Bonchev–Trinajstić information content (AvgIpc) is 3.52. The molecule has 0 amide bonds. The van der Waals surface area contributed by atoms with Gasteiger partial charge in [0.2, 0.25) is 0 Å². The molecule has 3 heterocycles. The molecule has 2 fully saturated rings. The number of aromatic nitrogens is 4. The van der Waals surface area contributed by atoms with E-state index in [0.717, 1.165) is 52.8 Å². The molecule has 0 radical (unpaired) electrons. The zero-order chi connectivity index (χ0) is 33.4. The van der Waals surface area contributed by atoms with E-state index >= 15 is 4.39 Å². The number of rotatable bonds is 14. The molecule has 0 saturated heterocycles. The van der Waals surface area contributed by atoms with Gasteiger partial charge in [-0.15, -0.1) is 0 Å². The molecule has 8 nitrogen and oxygen atoms in total. The maximum atomic E-state index is 15.3. The Labute approximate surface area is 284 Å². The molecule has 0 unspecified atom stereocenters. The molecule has 12 heteroatoms. The number of aliphatic hydroxyl groups is 1. The van der Waals surface area contributed by atoms with Gasteiger partial charge in [0.1, 0.15) is 30.6 Å². The molecule has 2 aliphatic rings. The Morgan fingerprint density at radius 3 is 2.09 bits per heavy atom. The Morgan fingerprint density at radius 2 is 1.57 bits per heavy atom. The third-order valence-electron chi connectivity index (χ3n) is 9.38. The molecule has 0 spiro atoms. The van der Waals surface area contributed by atoms with E-state index < -0.39 is 27.6 Å². The van der Waals surface area contributed by atoms with Crippen molar-refractivity contribution >= 4 is 43.5 Å². The van der Waals surface area contributed by atoms with Gasteiger partial charge < -0.3 is 19.5 Å². The van der Waals surface area contributed by atoms with Crippen LogP contribution in [0, 0.1) is 17.7 Å². The summed E-state index contributed by atoms with van der Waals surface area (Å²) in [4.78, 5) is 11.7. The van der Waals surface area contributed by atoms with E-state index in [9.17, 15) is 5.11 Å². The molecule has 2 bridgehead atoms. The van der Waals surface area contributed by atoms with Crippen LogP contribution in [0.25, 0.3) is 16.8 Å². The summed E-state index contributed by atoms with van der Waals surface area (Å²) < 4.78 is 30.7. The summed E-state index contributed by atoms with van der Waals surface area (Å²) >= 11 is 4.03. The van der Waals surface area contributed by atoms with Crippen molar-refractivity contribution in [2.75, 3.05) is 31.6 Å². The summed E-state index contributed by atoms with van der Waals surface area (Å²) in [7, 11) is -2.54. The average molecular weight is 735 g/mol. The van der Waals surface area contributed by atoms with Gasteiger partial charge in [0, 0.05) is 52.6 Å². The predicted molar refractivity (Wildman–Crippen MR) is 192 cm³/mol. The SMILES string of the molecule is CC(C)(O)c1ncc(-c2cnn3c(N(COCC[Si](C)(C)C)COCC[Si](C)(C)C)c(Br)c([C@H]4C[C@@H]5CC[C@@H](C5)C4)nc23)cc1F. The number of halogens is 2. The predicted octanol–water partition coefficient (Wildman–Crippen LogP) is 8.65. The lowest BCUT2D eigenvalue weighted by molar-refractivity contribution is 0.0695. The van der Waals surface area contributed by atoms with E-state index in [1.807, 2.05) is 4.52 Å². The third-order valence-corrected chi connectivity index (χ3v) is 13.6. The first kappa shape index (κ1) is 35.6. The maximum absolute atomic E-state index is 15.3. The molecule has 0 aromatic carbocycles. The minimum Gasteiger partial charge on any atom is -0.384 e. The number of pyridine rings is 1. The van der Waals surface area contributed by atoms with E-state index in [1.54, 1.807) is 12.4 Å². The molecule has 2 aliphatic carbocycles. The molecular weight excluding hydrogens is 681 g/mol. The quantitative estimate of drug-likeness (QED) is 0.101. The zero-order valence-corrected chi connectivity index (χ0v) is 32.6. The number of nitrogens with zero attached hydrogens (tertiary/aromatic N) is 5. The fraction of sp³-hybridized carbons (Fsp3) is 0.676. The number of ether oxygens (including phenoxy) is 2. The lowest BCUT2D eigenvalue weighted by Crippen LogP contribution is -2.34. The molecule has 1 N–H and O–H groups in total. The fourth-order valence-electron chi connectivity index (χ4n) is 6.75. The van der Waals surface area contributed by atoms with Crippen LogP contribution in [-0.4, -0.2) is 67.5 Å². The van der Waals surface area contributed by atoms with Gasteiger partial charge in [0.15, 0.2) is 11.5 Å². The van der Waals surface area contributed by atoms with Crippen LogP contribution in [-0.2, 0) is 15.1 Å². The van der Waals surface area contributed by atoms with Gasteiger partial charge in [-0.25, -0.2) is 9.37 Å². The van der Waals surface area contributed by atoms with Crippen molar-refractivity contribution in [3.05, 3.63) is 40.1 Å². The molecular formula is C34H53BrFN5O3Si2. The van der Waals surface area contributed by atoms with Gasteiger partial charge in [-0.05, 0) is 79.0 Å². The number of anilines is 1. The summed E-state index contributed by atoms with van der Waals surface area (Å²) in [6.07, 6.45) is 9.51. The summed E-state index contributed by atoms with van der Waals surface area (Å²) in [5.74, 6) is 2.08. The minimum absolute atomic E-state index is 0.0135. The van der Waals surface area contributed by atoms with E-state index in [2.05, 4.69) is 65.1 Å². The van der Waals surface area contributed by atoms with Crippen molar-refractivity contribution in [3.63, 3.8) is 0 Å². The molecule has 2 saturated carbocycles. The van der Waals surface area contributed by atoms with E-state index in [1.165, 1.54) is 39.2 Å². The molecule has 3 atom stereocenters. The largest absolute Gasteiger partial charge is 0.384 e. The Bertz CT molecular complexity index is 1480. The van der Waals surface area contributed by atoms with Crippen LogP contribution in [0.4, 0.5) is 10.2 Å². The van der Waals surface area contributed by atoms with Crippen LogP contribution in [0.5, 0.6) is 0 Å². The van der Waals surface area contributed by atoms with Crippen molar-refractivity contribution in [3.8, 4) is 11.1 Å². The molecule has 46 heavy (non-hydrogen) atoms. The topological polar surface area (TPSA) is 85.0 Å². The smallest absolute Gasteiger partial charge is 0.165 e. The van der Waals surface area contributed by atoms with Crippen molar-refractivity contribution in [2.24, 2.45) is 11.8 Å².